The van der Waals surface area contributed by atoms with Gasteiger partial charge in [0.2, 0.25) is 5.91 Å². The summed E-state index contributed by atoms with van der Waals surface area (Å²) >= 11 is 0. The van der Waals surface area contributed by atoms with E-state index in [2.05, 4.69) is 5.32 Å². The van der Waals surface area contributed by atoms with Crippen LogP contribution in [0, 0.1) is 0 Å². The first-order valence-corrected chi connectivity index (χ1v) is 5.36. The van der Waals surface area contributed by atoms with Crippen molar-refractivity contribution in [3.05, 3.63) is 29.3 Å². The molecule has 1 aromatic rings. The van der Waals surface area contributed by atoms with Crippen LogP contribution in [0.3, 0.4) is 0 Å². The molecule has 0 aromatic heterocycles. The fraction of sp³-hybridized carbons (Fsp3) is 0.231. The van der Waals surface area contributed by atoms with Gasteiger partial charge in [-0.3, -0.25) is 9.59 Å². The predicted molar refractivity (Wildman–Crippen MR) is 67.8 cm³/mol. The average molecular weight is 249 g/mol. The normalized spacial score (nSPS) is 10.3. The van der Waals surface area contributed by atoms with Crippen molar-refractivity contribution in [2.24, 2.45) is 0 Å². The van der Waals surface area contributed by atoms with Gasteiger partial charge in [-0.05, 0) is 11.6 Å². The first-order chi connectivity index (χ1) is 8.60. The van der Waals surface area contributed by atoms with E-state index in [0.29, 0.717) is 18.4 Å². The molecule has 1 amide bonds. The number of phenols is 1. The van der Waals surface area contributed by atoms with E-state index >= 15 is 0 Å². The van der Waals surface area contributed by atoms with Crippen molar-refractivity contribution < 1.29 is 19.4 Å². The van der Waals surface area contributed by atoms with E-state index in [1.54, 1.807) is 24.3 Å². The van der Waals surface area contributed by atoms with E-state index in [1.165, 1.54) is 14.0 Å². The summed E-state index contributed by atoms with van der Waals surface area (Å²) in [4.78, 5) is 21.6. The molecule has 0 fully saturated rings. The Labute approximate surface area is 105 Å². The van der Waals surface area contributed by atoms with Crippen molar-refractivity contribution in [1.82, 2.24) is 5.32 Å². The smallest absolute Gasteiger partial charge is 0.217 e. The van der Waals surface area contributed by atoms with Crippen molar-refractivity contribution in [1.29, 1.82) is 0 Å². The SMILES string of the molecule is COc1ccc(C=CCNC(C)=O)c(C=O)c1O. The number of phenolic OH excluding ortho intramolecular Hbond substituents is 1. The number of ether oxygens (including phenoxy) is 1. The number of aldehydes is 1. The van der Waals surface area contributed by atoms with Crippen LogP contribution in [0.5, 0.6) is 11.5 Å². The van der Waals surface area contributed by atoms with Crippen molar-refractivity contribution >= 4 is 18.3 Å². The quantitative estimate of drug-likeness (QED) is 0.773. The highest BCUT2D eigenvalue weighted by molar-refractivity contribution is 5.87. The minimum atomic E-state index is -0.186. The summed E-state index contributed by atoms with van der Waals surface area (Å²) in [5.41, 5.74) is 0.724. The Kier molecular flexibility index (Phi) is 4.92. The van der Waals surface area contributed by atoms with Gasteiger partial charge in [0.25, 0.3) is 0 Å². The van der Waals surface area contributed by atoms with Crippen LogP contribution in [0.4, 0.5) is 0 Å². The molecule has 18 heavy (non-hydrogen) atoms. The number of aromatic hydroxyl groups is 1. The second-order valence-electron chi connectivity index (χ2n) is 3.58. The van der Waals surface area contributed by atoms with Crippen LogP contribution >= 0.6 is 0 Å². The molecule has 0 heterocycles. The van der Waals surface area contributed by atoms with Gasteiger partial charge in [0.15, 0.2) is 17.8 Å². The number of hydrogen-bond acceptors (Lipinski definition) is 4. The van der Waals surface area contributed by atoms with E-state index in [4.69, 9.17) is 4.74 Å². The summed E-state index contributed by atoms with van der Waals surface area (Å²) in [6.45, 7) is 1.78. The van der Waals surface area contributed by atoms with Crippen LogP contribution in [0.2, 0.25) is 0 Å². The van der Waals surface area contributed by atoms with Crippen LogP contribution < -0.4 is 10.1 Å². The zero-order valence-electron chi connectivity index (χ0n) is 10.3. The maximum absolute atomic E-state index is 10.9. The Balaban J connectivity index is 2.92. The van der Waals surface area contributed by atoms with Gasteiger partial charge in [0.05, 0.1) is 12.7 Å². The Morgan fingerprint density at radius 1 is 1.50 bits per heavy atom. The molecular formula is C13H15NO4. The number of carbonyl (C=O) groups excluding carboxylic acids is 2. The van der Waals surface area contributed by atoms with Crippen LogP contribution in [-0.4, -0.2) is 31.0 Å². The van der Waals surface area contributed by atoms with Crippen LogP contribution in [-0.2, 0) is 4.79 Å². The Hall–Kier alpha value is -2.30. The van der Waals surface area contributed by atoms with Gasteiger partial charge >= 0.3 is 0 Å². The Morgan fingerprint density at radius 2 is 2.22 bits per heavy atom. The third-order valence-corrected chi connectivity index (χ3v) is 2.32. The molecule has 5 nitrogen and oxygen atoms in total. The molecule has 0 radical (unpaired) electrons. The summed E-state index contributed by atoms with van der Waals surface area (Å²) < 4.78 is 4.91. The molecule has 0 spiro atoms. The first-order valence-electron chi connectivity index (χ1n) is 5.36. The molecule has 0 saturated heterocycles. The van der Waals surface area contributed by atoms with E-state index in [0.717, 1.165) is 0 Å². The summed E-state index contributed by atoms with van der Waals surface area (Å²) in [7, 11) is 1.41. The first kappa shape index (κ1) is 13.8. The van der Waals surface area contributed by atoms with Crippen LogP contribution in [0.25, 0.3) is 6.08 Å². The molecule has 0 bridgehead atoms. The van der Waals surface area contributed by atoms with E-state index < -0.39 is 0 Å². The number of amides is 1. The molecule has 1 rings (SSSR count). The van der Waals surface area contributed by atoms with E-state index in [1.807, 2.05) is 0 Å². The average Bonchev–Trinajstić information content (AvgIpc) is 2.34. The summed E-state index contributed by atoms with van der Waals surface area (Å²) in [5, 5.41) is 12.3. The standard InChI is InChI=1S/C13H15NO4/c1-9(16)14-7-3-4-10-5-6-12(18-2)13(17)11(10)8-15/h3-6,8,17H,7H2,1-2H3,(H,14,16). The molecule has 0 unspecified atom stereocenters. The third-order valence-electron chi connectivity index (χ3n) is 2.32. The molecular weight excluding hydrogens is 234 g/mol. The van der Waals surface area contributed by atoms with Gasteiger partial charge in [-0.2, -0.15) is 0 Å². The fourth-order valence-corrected chi connectivity index (χ4v) is 1.43. The minimum Gasteiger partial charge on any atom is -0.504 e. The maximum Gasteiger partial charge on any atom is 0.217 e. The highest BCUT2D eigenvalue weighted by atomic mass is 16.5. The molecule has 0 aliphatic carbocycles. The molecule has 2 N–H and O–H groups in total. The number of nitrogens with one attached hydrogen (secondary N) is 1. The number of rotatable bonds is 5. The monoisotopic (exact) mass is 249 g/mol. The van der Waals surface area contributed by atoms with Gasteiger partial charge in [-0.15, -0.1) is 0 Å². The molecule has 1 aromatic carbocycles. The molecule has 96 valence electrons. The zero-order chi connectivity index (χ0) is 13.5. The molecule has 0 atom stereocenters. The molecule has 0 aliphatic heterocycles. The van der Waals surface area contributed by atoms with Crippen LogP contribution in [0.15, 0.2) is 18.2 Å². The summed E-state index contributed by atoms with van der Waals surface area (Å²) in [6, 6.07) is 3.23. The maximum atomic E-state index is 10.9. The summed E-state index contributed by atoms with van der Waals surface area (Å²) in [5.74, 6) is -0.0712. The van der Waals surface area contributed by atoms with Gasteiger partial charge in [0, 0.05) is 13.5 Å². The summed E-state index contributed by atoms with van der Waals surface area (Å²) in [6.07, 6.45) is 3.91. The van der Waals surface area contributed by atoms with Gasteiger partial charge in [0.1, 0.15) is 0 Å². The van der Waals surface area contributed by atoms with Crippen molar-refractivity contribution in [2.45, 2.75) is 6.92 Å². The zero-order valence-corrected chi connectivity index (χ0v) is 10.3. The van der Waals surface area contributed by atoms with E-state index in [-0.39, 0.29) is 23.0 Å². The van der Waals surface area contributed by atoms with Gasteiger partial charge in [-0.25, -0.2) is 0 Å². The number of methoxy groups -OCH3 is 1. The lowest BCUT2D eigenvalue weighted by Crippen LogP contribution is -2.19. The lowest BCUT2D eigenvalue weighted by atomic mass is 10.1. The Morgan fingerprint density at radius 3 is 2.78 bits per heavy atom. The molecule has 5 heteroatoms. The second kappa shape index (κ2) is 6.44. The number of hydrogen-bond donors (Lipinski definition) is 2. The van der Waals surface area contributed by atoms with Gasteiger partial charge in [-0.1, -0.05) is 18.2 Å². The van der Waals surface area contributed by atoms with Crippen molar-refractivity contribution in [2.75, 3.05) is 13.7 Å². The lowest BCUT2D eigenvalue weighted by molar-refractivity contribution is -0.118. The Bertz CT molecular complexity index is 480. The fourth-order valence-electron chi connectivity index (χ4n) is 1.43. The number of carbonyl (C=O) groups is 2. The number of benzene rings is 1. The minimum absolute atomic E-state index is 0.132. The molecule has 0 saturated carbocycles. The van der Waals surface area contributed by atoms with Crippen molar-refractivity contribution in [3.63, 3.8) is 0 Å². The van der Waals surface area contributed by atoms with E-state index in [9.17, 15) is 14.7 Å². The second-order valence-corrected chi connectivity index (χ2v) is 3.58. The van der Waals surface area contributed by atoms with Crippen molar-refractivity contribution in [3.8, 4) is 11.5 Å². The largest absolute Gasteiger partial charge is 0.504 e. The topological polar surface area (TPSA) is 75.6 Å². The lowest BCUT2D eigenvalue weighted by Gasteiger charge is -2.07. The molecule has 0 aliphatic rings. The highest BCUT2D eigenvalue weighted by Gasteiger charge is 2.10. The predicted octanol–water partition coefficient (Wildman–Crippen LogP) is 1.36. The van der Waals surface area contributed by atoms with Crippen LogP contribution in [0.1, 0.15) is 22.8 Å². The third kappa shape index (κ3) is 3.35. The van der Waals surface area contributed by atoms with Gasteiger partial charge < -0.3 is 15.2 Å². The highest BCUT2D eigenvalue weighted by Crippen LogP contribution is 2.31.